The van der Waals surface area contributed by atoms with Gasteiger partial charge in [0.2, 0.25) is 0 Å². The summed E-state index contributed by atoms with van der Waals surface area (Å²) < 4.78 is 9.03. The van der Waals surface area contributed by atoms with Crippen LogP contribution in [0.3, 0.4) is 0 Å². The van der Waals surface area contributed by atoms with Gasteiger partial charge in [-0.1, -0.05) is 103 Å². The third kappa shape index (κ3) is 3.26. The van der Waals surface area contributed by atoms with Crippen LogP contribution in [0.2, 0.25) is 0 Å². The predicted octanol–water partition coefficient (Wildman–Crippen LogP) is 12.0. The zero-order valence-electron chi connectivity index (χ0n) is 24.4. The summed E-state index contributed by atoms with van der Waals surface area (Å²) in [5.74, 6) is 0.699. The van der Waals surface area contributed by atoms with Crippen LogP contribution >= 0.6 is 11.3 Å². The van der Waals surface area contributed by atoms with Crippen LogP contribution in [0, 0.1) is 0 Å². The largest absolute Gasteiger partial charge is 0.455 e. The highest BCUT2D eigenvalue weighted by atomic mass is 32.1. The van der Waals surface area contributed by atoms with Crippen molar-refractivity contribution < 1.29 is 4.42 Å². The first-order valence-corrected chi connectivity index (χ1v) is 16.3. The predicted molar refractivity (Wildman–Crippen MR) is 193 cm³/mol. The van der Waals surface area contributed by atoms with Crippen LogP contribution in [0.25, 0.3) is 109 Å². The molecule has 0 bridgehead atoms. The second-order valence-corrected chi connectivity index (χ2v) is 13.2. The van der Waals surface area contributed by atoms with Crippen molar-refractivity contribution in [1.82, 2.24) is 9.97 Å². The summed E-state index contributed by atoms with van der Waals surface area (Å²) in [5.41, 5.74) is 10.9. The highest BCUT2D eigenvalue weighted by molar-refractivity contribution is 7.26. The molecule has 0 atom stereocenters. The number of benzene rings is 7. The molecular formula is C42H22N2OS. The van der Waals surface area contributed by atoms with Gasteiger partial charge in [-0.2, -0.15) is 0 Å². The average molecular weight is 603 g/mol. The smallest absolute Gasteiger partial charge is 0.160 e. The second kappa shape index (κ2) is 8.87. The standard InChI is InChI=1S/C42H22N2OS/c1-2-9-24-20-25(17-16-23(24)8-1)38-41-39(31-12-5-6-15-36(31)46-41)44-42(43-38)26-18-19-29-34-22-33-28-11-4-3-10-27(28)30-13-7-14-32(37(30)33)40(34)45-35(29)21-26/h1-22H. The molecule has 0 unspecified atom stereocenters. The Kier molecular flexibility index (Phi) is 4.72. The fraction of sp³-hybridized carbons (Fsp3) is 0. The van der Waals surface area contributed by atoms with Gasteiger partial charge >= 0.3 is 0 Å². The minimum atomic E-state index is 0.699. The quantitative estimate of drug-likeness (QED) is 0.198. The Balaban J connectivity index is 1.15. The van der Waals surface area contributed by atoms with Crippen molar-refractivity contribution in [1.29, 1.82) is 0 Å². The van der Waals surface area contributed by atoms with Crippen LogP contribution < -0.4 is 0 Å². The molecule has 0 amide bonds. The number of nitrogens with zero attached hydrogens (tertiary/aromatic N) is 2. The van der Waals surface area contributed by atoms with Gasteiger partial charge in [0.25, 0.3) is 0 Å². The zero-order valence-corrected chi connectivity index (χ0v) is 25.2. The number of aromatic nitrogens is 2. The van der Waals surface area contributed by atoms with E-state index < -0.39 is 0 Å². The third-order valence-corrected chi connectivity index (χ3v) is 10.8. The summed E-state index contributed by atoms with van der Waals surface area (Å²) in [7, 11) is 0. The number of furan rings is 1. The van der Waals surface area contributed by atoms with Crippen molar-refractivity contribution in [3.05, 3.63) is 133 Å². The van der Waals surface area contributed by atoms with Crippen molar-refractivity contribution in [3.63, 3.8) is 0 Å². The van der Waals surface area contributed by atoms with E-state index in [0.717, 1.165) is 59.7 Å². The fourth-order valence-corrected chi connectivity index (χ4v) is 8.64. The van der Waals surface area contributed by atoms with E-state index in [9.17, 15) is 0 Å². The van der Waals surface area contributed by atoms with Gasteiger partial charge < -0.3 is 4.42 Å². The first kappa shape index (κ1) is 24.5. The number of hydrogen-bond acceptors (Lipinski definition) is 4. The Labute approximate surface area is 267 Å². The molecule has 46 heavy (non-hydrogen) atoms. The van der Waals surface area contributed by atoms with E-state index in [2.05, 4.69) is 133 Å². The monoisotopic (exact) mass is 602 g/mol. The Morgan fingerprint density at radius 1 is 0.500 bits per heavy atom. The van der Waals surface area contributed by atoms with Gasteiger partial charge in [0, 0.05) is 42.8 Å². The van der Waals surface area contributed by atoms with Gasteiger partial charge in [-0.3, -0.25) is 0 Å². The summed E-state index contributed by atoms with van der Waals surface area (Å²) in [6, 6.07) is 47.6. The summed E-state index contributed by atoms with van der Waals surface area (Å²) >= 11 is 1.76. The highest BCUT2D eigenvalue weighted by Gasteiger charge is 2.25. The fourth-order valence-electron chi connectivity index (χ4n) is 7.49. The SMILES string of the molecule is c1ccc2c(c1)-c1cccc3c1c-2cc1c2ccc(-c4nc(-c5ccc6ccccc6c5)c5sc6ccccc6c5n4)cc2oc31. The Hall–Kier alpha value is -5.84. The van der Waals surface area contributed by atoms with Crippen LogP contribution in [0.15, 0.2) is 138 Å². The van der Waals surface area contributed by atoms with Crippen LogP contribution in [0.5, 0.6) is 0 Å². The highest BCUT2D eigenvalue weighted by Crippen LogP contribution is 2.50. The van der Waals surface area contributed by atoms with Gasteiger partial charge in [0.05, 0.1) is 15.9 Å². The molecule has 0 radical (unpaired) electrons. The number of fused-ring (bicyclic) bond motifs is 11. The molecule has 0 saturated heterocycles. The van der Waals surface area contributed by atoms with Crippen molar-refractivity contribution in [2.24, 2.45) is 0 Å². The third-order valence-electron chi connectivity index (χ3n) is 9.60. The minimum absolute atomic E-state index is 0.699. The Morgan fingerprint density at radius 2 is 1.26 bits per heavy atom. The maximum atomic E-state index is 6.72. The van der Waals surface area contributed by atoms with Gasteiger partial charge in [-0.25, -0.2) is 9.97 Å². The second-order valence-electron chi connectivity index (χ2n) is 12.1. The summed E-state index contributed by atoms with van der Waals surface area (Å²) in [6.07, 6.45) is 0. The van der Waals surface area contributed by atoms with Crippen molar-refractivity contribution in [2.75, 3.05) is 0 Å². The normalized spacial score (nSPS) is 12.3. The molecule has 7 aromatic carbocycles. The number of rotatable bonds is 2. The molecule has 11 rings (SSSR count). The molecule has 0 fully saturated rings. The summed E-state index contributed by atoms with van der Waals surface area (Å²) in [5, 5.41) is 8.23. The lowest BCUT2D eigenvalue weighted by molar-refractivity contribution is 0.673. The van der Waals surface area contributed by atoms with Crippen molar-refractivity contribution >= 4 is 75.1 Å². The molecule has 1 aliphatic carbocycles. The maximum Gasteiger partial charge on any atom is 0.160 e. The van der Waals surface area contributed by atoms with Crippen molar-refractivity contribution in [3.8, 4) is 44.9 Å². The Bertz CT molecular complexity index is 2930. The molecule has 1 aliphatic rings. The van der Waals surface area contributed by atoms with Gasteiger partial charge in [0.15, 0.2) is 5.82 Å². The van der Waals surface area contributed by atoms with Gasteiger partial charge in [-0.15, -0.1) is 11.3 Å². The molecule has 0 aliphatic heterocycles. The maximum absolute atomic E-state index is 6.72. The van der Waals surface area contributed by atoms with Crippen LogP contribution in [-0.4, -0.2) is 9.97 Å². The molecule has 212 valence electrons. The van der Waals surface area contributed by atoms with E-state index in [0.29, 0.717) is 5.82 Å². The molecular weight excluding hydrogens is 581 g/mol. The minimum Gasteiger partial charge on any atom is -0.455 e. The lowest BCUT2D eigenvalue weighted by atomic mass is 9.99. The number of thiophene rings is 1. The first-order chi connectivity index (χ1) is 22.8. The van der Waals surface area contributed by atoms with Gasteiger partial charge in [0.1, 0.15) is 11.2 Å². The molecule has 0 N–H and O–H groups in total. The lowest BCUT2D eigenvalue weighted by Gasteiger charge is -2.08. The molecule has 3 nitrogen and oxygen atoms in total. The van der Waals surface area contributed by atoms with E-state index in [1.165, 1.54) is 43.1 Å². The van der Waals surface area contributed by atoms with E-state index in [1.54, 1.807) is 11.3 Å². The average Bonchev–Trinajstić information content (AvgIpc) is 3.78. The summed E-state index contributed by atoms with van der Waals surface area (Å²) in [4.78, 5) is 10.5. The molecule has 4 heteroatoms. The van der Waals surface area contributed by atoms with Crippen LogP contribution in [0.4, 0.5) is 0 Å². The topological polar surface area (TPSA) is 38.9 Å². The van der Waals surface area contributed by atoms with Gasteiger partial charge in [-0.05, 0) is 63.4 Å². The van der Waals surface area contributed by atoms with Crippen LogP contribution in [-0.2, 0) is 0 Å². The molecule has 3 aromatic heterocycles. The van der Waals surface area contributed by atoms with E-state index in [1.807, 2.05) is 0 Å². The molecule has 0 spiro atoms. The lowest BCUT2D eigenvalue weighted by Crippen LogP contribution is -1.93. The zero-order chi connectivity index (χ0) is 29.9. The molecule has 10 aromatic rings. The van der Waals surface area contributed by atoms with Crippen molar-refractivity contribution in [2.45, 2.75) is 0 Å². The first-order valence-electron chi connectivity index (χ1n) is 15.5. The van der Waals surface area contributed by atoms with E-state index >= 15 is 0 Å². The molecule has 0 saturated carbocycles. The van der Waals surface area contributed by atoms with E-state index in [-0.39, 0.29) is 0 Å². The van der Waals surface area contributed by atoms with Crippen LogP contribution in [0.1, 0.15) is 0 Å². The Morgan fingerprint density at radius 3 is 2.20 bits per heavy atom. The summed E-state index contributed by atoms with van der Waals surface area (Å²) in [6.45, 7) is 0. The van der Waals surface area contributed by atoms with E-state index in [4.69, 9.17) is 14.4 Å². The molecule has 3 heterocycles. The number of hydrogen-bond donors (Lipinski definition) is 0.